The molecule has 1 aliphatic carbocycles. The smallest absolute Gasteiger partial charge is 0.270 e. The minimum absolute atomic E-state index is 0.0501. The van der Waals surface area contributed by atoms with Gasteiger partial charge in [0.1, 0.15) is 11.5 Å². The van der Waals surface area contributed by atoms with Crippen molar-refractivity contribution in [1.82, 2.24) is 15.2 Å². The van der Waals surface area contributed by atoms with Crippen molar-refractivity contribution in [3.05, 3.63) is 71.4 Å². The summed E-state index contributed by atoms with van der Waals surface area (Å²) in [4.78, 5) is 18.5. The molecule has 0 radical (unpaired) electrons. The maximum atomic E-state index is 12.4. The van der Waals surface area contributed by atoms with E-state index in [1.54, 1.807) is 24.3 Å². The molecule has 0 bridgehead atoms. The van der Waals surface area contributed by atoms with Crippen LogP contribution in [0.4, 0.5) is 0 Å². The lowest BCUT2D eigenvalue weighted by molar-refractivity contribution is 0.0933. The highest BCUT2D eigenvalue weighted by Crippen LogP contribution is 2.22. The number of aromatic nitrogens is 1. The third-order valence-corrected chi connectivity index (χ3v) is 4.50. The van der Waals surface area contributed by atoms with E-state index in [2.05, 4.69) is 27.8 Å². The van der Waals surface area contributed by atoms with Gasteiger partial charge in [0, 0.05) is 48.6 Å². The van der Waals surface area contributed by atoms with Crippen molar-refractivity contribution >= 4 is 11.7 Å². The Morgan fingerprint density at radius 2 is 2.22 bits per heavy atom. The van der Waals surface area contributed by atoms with Gasteiger partial charge in [0.15, 0.2) is 0 Å². The van der Waals surface area contributed by atoms with Crippen LogP contribution < -0.4 is 5.32 Å². The molecule has 1 aromatic heterocycles. The Labute approximate surface area is 157 Å². The van der Waals surface area contributed by atoms with Crippen molar-refractivity contribution in [2.75, 3.05) is 13.1 Å². The highest BCUT2D eigenvalue weighted by Gasteiger charge is 2.26. The summed E-state index contributed by atoms with van der Waals surface area (Å²) in [5.74, 6) is -0.229. The summed E-state index contributed by atoms with van der Waals surface area (Å²) >= 11 is 0. The second-order valence-electron chi connectivity index (χ2n) is 6.49. The number of aliphatic hydroxyl groups excluding tert-OH is 2. The van der Waals surface area contributed by atoms with Crippen LogP contribution in [0, 0.1) is 11.3 Å². The van der Waals surface area contributed by atoms with Crippen molar-refractivity contribution in [1.29, 1.82) is 5.26 Å². The molecule has 1 aliphatic heterocycles. The molecular weight excluding hydrogens is 344 g/mol. The van der Waals surface area contributed by atoms with Gasteiger partial charge in [0.2, 0.25) is 0 Å². The van der Waals surface area contributed by atoms with E-state index in [4.69, 9.17) is 5.26 Å². The van der Waals surface area contributed by atoms with E-state index in [9.17, 15) is 15.0 Å². The van der Waals surface area contributed by atoms with Crippen LogP contribution >= 0.6 is 0 Å². The summed E-state index contributed by atoms with van der Waals surface area (Å²) in [6, 6.07) is 5.15. The molecule has 3 rings (SSSR count). The van der Waals surface area contributed by atoms with Crippen molar-refractivity contribution in [2.24, 2.45) is 0 Å². The van der Waals surface area contributed by atoms with Gasteiger partial charge in [-0.05, 0) is 36.8 Å². The van der Waals surface area contributed by atoms with E-state index in [0.29, 0.717) is 17.7 Å². The lowest BCUT2D eigenvalue weighted by Crippen LogP contribution is -2.37. The molecule has 2 heterocycles. The van der Waals surface area contributed by atoms with Gasteiger partial charge in [0.25, 0.3) is 5.91 Å². The van der Waals surface area contributed by atoms with Crippen LogP contribution in [0.15, 0.2) is 60.2 Å². The number of rotatable bonds is 4. The zero-order chi connectivity index (χ0) is 19.4. The summed E-state index contributed by atoms with van der Waals surface area (Å²) in [5, 5.41) is 31.2. The number of carbonyl (C=O) groups excluding carboxylic acids is 1. The molecule has 1 amide bonds. The second-order valence-corrected chi connectivity index (χ2v) is 6.49. The summed E-state index contributed by atoms with van der Waals surface area (Å²) in [6.07, 6.45) is 7.58. The van der Waals surface area contributed by atoms with Gasteiger partial charge in [-0.1, -0.05) is 6.58 Å². The van der Waals surface area contributed by atoms with Gasteiger partial charge >= 0.3 is 0 Å². The Morgan fingerprint density at radius 1 is 1.41 bits per heavy atom. The fourth-order valence-corrected chi connectivity index (χ4v) is 3.05. The molecule has 1 atom stereocenters. The zero-order valence-corrected chi connectivity index (χ0v) is 14.7. The number of aliphatic hydroxyl groups is 2. The molecule has 0 saturated carbocycles. The quantitative estimate of drug-likeness (QED) is 0.709. The number of amides is 1. The number of hydrogen-bond donors (Lipinski definition) is 3. The third-order valence-electron chi connectivity index (χ3n) is 4.50. The Hall–Kier alpha value is -3.53. The number of carbonyl (C=O) groups is 1. The second kappa shape index (κ2) is 7.79. The molecule has 1 fully saturated rings. The predicted octanol–water partition coefficient (Wildman–Crippen LogP) is 2.59. The summed E-state index contributed by atoms with van der Waals surface area (Å²) < 4.78 is 0. The Bertz CT molecular complexity index is 891. The van der Waals surface area contributed by atoms with Crippen LogP contribution in [0.3, 0.4) is 0 Å². The molecule has 0 spiro atoms. The molecule has 3 N–H and O–H groups in total. The normalized spacial score (nSPS) is 19.3. The number of allylic oxidation sites excluding steroid dienone is 4. The minimum Gasteiger partial charge on any atom is -0.512 e. The van der Waals surface area contributed by atoms with Crippen LogP contribution in [-0.4, -0.2) is 45.1 Å². The fourth-order valence-electron chi connectivity index (χ4n) is 3.05. The Kier molecular flexibility index (Phi) is 5.27. The van der Waals surface area contributed by atoms with Crippen LogP contribution in [0.1, 0.15) is 28.9 Å². The van der Waals surface area contributed by atoms with Crippen LogP contribution in [0.2, 0.25) is 0 Å². The number of nitriles is 1. The Morgan fingerprint density at radius 3 is 2.89 bits per heavy atom. The van der Waals surface area contributed by atoms with E-state index in [1.807, 2.05) is 6.08 Å². The van der Waals surface area contributed by atoms with Crippen molar-refractivity contribution in [2.45, 2.75) is 18.9 Å². The number of nitrogens with one attached hydrogen (secondary N) is 1. The average Bonchev–Trinajstić information content (AvgIpc) is 3.03. The van der Waals surface area contributed by atoms with E-state index in [-0.39, 0.29) is 35.6 Å². The van der Waals surface area contributed by atoms with Gasteiger partial charge in [-0.15, -0.1) is 0 Å². The van der Waals surface area contributed by atoms with E-state index >= 15 is 0 Å². The maximum Gasteiger partial charge on any atom is 0.270 e. The molecular formula is C20H20N4O3. The molecule has 1 aromatic rings. The number of pyridine rings is 1. The molecule has 138 valence electrons. The average molecular weight is 364 g/mol. The molecule has 7 heteroatoms. The van der Waals surface area contributed by atoms with Crippen molar-refractivity contribution in [3.63, 3.8) is 0 Å². The molecule has 7 nitrogen and oxygen atoms in total. The third kappa shape index (κ3) is 4.36. The standard InChI is InChI=1S/C20H20N4O3/c1-13(25)15-3-5-19(22-11-15)20(27)23-16-6-7-24(12-16)17-4-2-14(10-21)8-18(26)9-17/h2-5,9,11,16,25-26H,1,6-8,12H2,(H,23,27)/t16-/m1/s1. The highest BCUT2D eigenvalue weighted by molar-refractivity contribution is 5.92. The van der Waals surface area contributed by atoms with Gasteiger partial charge in [-0.2, -0.15) is 5.26 Å². The predicted molar refractivity (Wildman–Crippen MR) is 100 cm³/mol. The first-order chi connectivity index (χ1) is 13.0. The van der Waals surface area contributed by atoms with Crippen molar-refractivity contribution in [3.8, 4) is 6.07 Å². The molecule has 2 aliphatic rings. The van der Waals surface area contributed by atoms with Gasteiger partial charge < -0.3 is 20.4 Å². The largest absolute Gasteiger partial charge is 0.512 e. The molecule has 0 aromatic carbocycles. The minimum atomic E-state index is -0.281. The summed E-state index contributed by atoms with van der Waals surface area (Å²) in [7, 11) is 0. The Balaban J connectivity index is 1.63. The van der Waals surface area contributed by atoms with Gasteiger partial charge in [-0.25, -0.2) is 0 Å². The summed E-state index contributed by atoms with van der Waals surface area (Å²) in [5.41, 5.74) is 2.06. The first-order valence-electron chi connectivity index (χ1n) is 8.57. The van der Waals surface area contributed by atoms with Gasteiger partial charge in [0.05, 0.1) is 11.8 Å². The number of hydrogen-bond acceptors (Lipinski definition) is 6. The summed E-state index contributed by atoms with van der Waals surface area (Å²) in [6.45, 7) is 4.75. The van der Waals surface area contributed by atoms with Crippen LogP contribution in [0.25, 0.3) is 5.76 Å². The van der Waals surface area contributed by atoms with E-state index in [1.165, 1.54) is 6.20 Å². The van der Waals surface area contributed by atoms with E-state index in [0.717, 1.165) is 18.7 Å². The monoisotopic (exact) mass is 364 g/mol. The molecule has 0 unspecified atom stereocenters. The first kappa shape index (κ1) is 18.3. The molecule has 27 heavy (non-hydrogen) atoms. The van der Waals surface area contributed by atoms with E-state index < -0.39 is 0 Å². The van der Waals surface area contributed by atoms with Crippen LogP contribution in [-0.2, 0) is 0 Å². The maximum absolute atomic E-state index is 12.4. The highest BCUT2D eigenvalue weighted by atomic mass is 16.3. The topological polar surface area (TPSA) is 109 Å². The lowest BCUT2D eigenvalue weighted by atomic mass is 10.2. The lowest BCUT2D eigenvalue weighted by Gasteiger charge is -2.20. The SMILES string of the molecule is C=C(O)c1ccc(C(=O)N[C@@H]2CCN(C3=CC=C(C#N)CC(O)=C3)C2)nc1. The number of likely N-dealkylation sites (tertiary alicyclic amines) is 1. The van der Waals surface area contributed by atoms with Crippen LogP contribution in [0.5, 0.6) is 0 Å². The first-order valence-corrected chi connectivity index (χ1v) is 8.57. The molecule has 1 saturated heterocycles. The fraction of sp³-hybridized carbons (Fsp3) is 0.250. The van der Waals surface area contributed by atoms with Crippen molar-refractivity contribution < 1.29 is 15.0 Å². The number of nitrogens with zero attached hydrogens (tertiary/aromatic N) is 3. The van der Waals surface area contributed by atoms with Gasteiger partial charge in [-0.3, -0.25) is 9.78 Å². The zero-order valence-electron chi connectivity index (χ0n) is 14.7.